The van der Waals surface area contributed by atoms with E-state index in [1.54, 1.807) is 20.8 Å². The number of carbonyl (C=O) groups is 1. The summed E-state index contributed by atoms with van der Waals surface area (Å²) in [6.07, 6.45) is -0.840. The van der Waals surface area contributed by atoms with Gasteiger partial charge in [0.1, 0.15) is 11.4 Å². The van der Waals surface area contributed by atoms with Crippen LogP contribution in [0.2, 0.25) is 0 Å². The highest BCUT2D eigenvalue weighted by molar-refractivity contribution is 7.52. The number of rotatable bonds is 2. The Morgan fingerprint density at radius 1 is 1.43 bits per heavy atom. The van der Waals surface area contributed by atoms with E-state index in [-0.39, 0.29) is 0 Å². The van der Waals surface area contributed by atoms with Crippen LogP contribution in [0.3, 0.4) is 0 Å². The molecular weight excluding hydrogens is 209 g/mol. The van der Waals surface area contributed by atoms with Gasteiger partial charge in [0.05, 0.1) is 0 Å². The van der Waals surface area contributed by atoms with Crippen LogP contribution in [0, 0.1) is 0 Å². The second-order valence-electron chi connectivity index (χ2n) is 3.91. The fraction of sp³-hybridized carbons (Fsp3) is 0.857. The lowest BCUT2D eigenvalue weighted by Crippen LogP contribution is -2.37. The van der Waals surface area contributed by atoms with Gasteiger partial charge in [-0.2, -0.15) is 0 Å². The molecule has 1 atom stereocenters. The zero-order valence-electron chi connectivity index (χ0n) is 8.64. The van der Waals surface area contributed by atoms with Crippen molar-refractivity contribution in [1.29, 1.82) is 0 Å². The molecule has 0 aromatic heterocycles. The number of hydrogen-bond donors (Lipinski definition) is 3. The molecule has 6 nitrogen and oxygen atoms in total. The van der Waals surface area contributed by atoms with Crippen LogP contribution in [0.25, 0.3) is 0 Å². The third-order valence-corrected chi connectivity index (χ3v) is 2.37. The van der Waals surface area contributed by atoms with Gasteiger partial charge in [0, 0.05) is 0 Å². The average molecular weight is 225 g/mol. The molecule has 0 heterocycles. The Hall–Kier alpha value is -0.580. The zero-order chi connectivity index (χ0) is 11.6. The molecule has 0 spiro atoms. The van der Waals surface area contributed by atoms with E-state index in [0.717, 1.165) is 0 Å². The number of hydrogen-bond acceptors (Lipinski definition) is 3. The Kier molecular flexibility index (Phi) is 4.12. The van der Waals surface area contributed by atoms with Crippen molar-refractivity contribution in [2.45, 2.75) is 39.1 Å². The fourth-order valence-electron chi connectivity index (χ4n) is 0.562. The first-order valence-electron chi connectivity index (χ1n) is 4.07. The molecule has 0 bridgehead atoms. The molecule has 1 amide bonds. The molecule has 0 radical (unpaired) electrons. The minimum absolute atomic E-state index is 0.682. The summed E-state index contributed by atoms with van der Waals surface area (Å²) in [5.74, 6) is -1.24. The van der Waals surface area contributed by atoms with E-state index < -0.39 is 25.1 Å². The van der Waals surface area contributed by atoms with Gasteiger partial charge in [-0.3, -0.25) is 4.57 Å². The molecule has 1 unspecified atom stereocenters. The van der Waals surface area contributed by atoms with Crippen LogP contribution in [0.1, 0.15) is 27.7 Å². The van der Waals surface area contributed by atoms with E-state index in [0.29, 0.717) is 0 Å². The maximum Gasteiger partial charge on any atom is 0.408 e. The lowest BCUT2D eigenvalue weighted by atomic mass is 10.2. The molecule has 7 heteroatoms. The van der Waals surface area contributed by atoms with Gasteiger partial charge in [-0.1, -0.05) is 0 Å². The largest absolute Gasteiger partial charge is 0.444 e. The van der Waals surface area contributed by atoms with Crippen LogP contribution >= 0.6 is 7.60 Å². The first kappa shape index (κ1) is 13.4. The zero-order valence-corrected chi connectivity index (χ0v) is 9.54. The normalized spacial score (nSPS) is 14.7. The summed E-state index contributed by atoms with van der Waals surface area (Å²) in [6.45, 7) is 6.20. The van der Waals surface area contributed by atoms with Crippen molar-refractivity contribution in [2.24, 2.45) is 0 Å². The third kappa shape index (κ3) is 5.96. The number of nitrogens with one attached hydrogen (secondary N) is 1. The first-order valence-corrected chi connectivity index (χ1v) is 5.75. The van der Waals surface area contributed by atoms with Crippen molar-refractivity contribution in [3.63, 3.8) is 0 Å². The van der Waals surface area contributed by atoms with Crippen molar-refractivity contribution < 1.29 is 23.9 Å². The molecule has 0 saturated heterocycles. The number of amides is 1. The van der Waals surface area contributed by atoms with E-state index in [2.05, 4.69) is 5.32 Å². The summed E-state index contributed by atoms with van der Waals surface area (Å²) in [4.78, 5) is 28.4. The summed E-state index contributed by atoms with van der Waals surface area (Å²) in [6, 6.07) is 0. The van der Waals surface area contributed by atoms with Crippen molar-refractivity contribution in [3.8, 4) is 0 Å². The lowest BCUT2D eigenvalue weighted by Gasteiger charge is -2.22. The smallest absolute Gasteiger partial charge is 0.408 e. The standard InChI is InChI=1S/C7H16NO5P/c1-5(14(10,11)12)8-6(9)13-7(2,3)4/h5H,1-4H3,(H,8,9)(H2,10,11,12). The van der Waals surface area contributed by atoms with Crippen LogP contribution in [-0.2, 0) is 9.30 Å². The van der Waals surface area contributed by atoms with Crippen molar-refractivity contribution in [1.82, 2.24) is 5.32 Å². The Bertz CT molecular complexity index is 253. The molecule has 0 rings (SSSR count). The van der Waals surface area contributed by atoms with Gasteiger partial charge in [0.2, 0.25) is 0 Å². The Morgan fingerprint density at radius 2 is 1.86 bits per heavy atom. The van der Waals surface area contributed by atoms with Crippen LogP contribution in [0.4, 0.5) is 4.79 Å². The van der Waals surface area contributed by atoms with E-state index in [4.69, 9.17) is 14.5 Å². The molecule has 0 aromatic carbocycles. The van der Waals surface area contributed by atoms with Crippen molar-refractivity contribution in [2.75, 3.05) is 0 Å². The summed E-state index contributed by atoms with van der Waals surface area (Å²) in [5, 5.41) is 2.05. The molecule has 14 heavy (non-hydrogen) atoms. The summed E-state index contributed by atoms with van der Waals surface area (Å²) >= 11 is 0. The molecule has 0 fully saturated rings. The lowest BCUT2D eigenvalue weighted by molar-refractivity contribution is 0.0517. The van der Waals surface area contributed by atoms with Crippen molar-refractivity contribution in [3.05, 3.63) is 0 Å². The molecular formula is C7H16NO5P. The third-order valence-electron chi connectivity index (χ3n) is 1.23. The number of ether oxygens (including phenoxy) is 1. The minimum atomic E-state index is -4.29. The van der Waals surface area contributed by atoms with Gasteiger partial charge in [0.25, 0.3) is 0 Å². The maximum absolute atomic E-state index is 11.0. The maximum atomic E-state index is 11.0. The van der Waals surface area contributed by atoms with Gasteiger partial charge < -0.3 is 19.8 Å². The molecule has 0 aromatic rings. The Morgan fingerprint density at radius 3 is 2.14 bits per heavy atom. The van der Waals surface area contributed by atoms with E-state index >= 15 is 0 Å². The van der Waals surface area contributed by atoms with Crippen LogP contribution in [-0.4, -0.2) is 27.3 Å². The summed E-state index contributed by atoms with van der Waals surface area (Å²) in [5.41, 5.74) is -0.682. The molecule has 0 aliphatic rings. The quantitative estimate of drug-likeness (QED) is 0.610. The van der Waals surface area contributed by atoms with E-state index in [1.807, 2.05) is 0 Å². The highest BCUT2D eigenvalue weighted by Crippen LogP contribution is 2.39. The fourth-order valence-corrected chi connectivity index (χ4v) is 0.836. The highest BCUT2D eigenvalue weighted by Gasteiger charge is 2.27. The number of carbonyl (C=O) groups excluding carboxylic acids is 1. The predicted octanol–water partition coefficient (Wildman–Crippen LogP) is 1.03. The topological polar surface area (TPSA) is 95.9 Å². The van der Waals surface area contributed by atoms with Crippen LogP contribution in [0.15, 0.2) is 0 Å². The summed E-state index contributed by atoms with van der Waals surface area (Å²) < 4.78 is 15.5. The first-order chi connectivity index (χ1) is 6.02. The second kappa shape index (κ2) is 4.29. The second-order valence-corrected chi connectivity index (χ2v) is 5.86. The average Bonchev–Trinajstić information content (AvgIpc) is 1.79. The van der Waals surface area contributed by atoms with Gasteiger partial charge >= 0.3 is 13.7 Å². The van der Waals surface area contributed by atoms with Crippen LogP contribution in [0.5, 0.6) is 0 Å². The SMILES string of the molecule is CC(NC(=O)OC(C)(C)C)P(=O)(O)O. The Labute approximate surface area is 82.8 Å². The molecule has 0 saturated carbocycles. The van der Waals surface area contributed by atoms with E-state index in [1.165, 1.54) is 6.92 Å². The molecule has 0 aliphatic carbocycles. The Balaban J connectivity index is 4.16. The van der Waals surface area contributed by atoms with Gasteiger partial charge in [-0.25, -0.2) is 4.79 Å². The number of alkyl carbamates (subject to hydrolysis) is 1. The monoisotopic (exact) mass is 225 g/mol. The van der Waals surface area contributed by atoms with Gasteiger partial charge in [0.15, 0.2) is 0 Å². The summed E-state index contributed by atoms with van der Waals surface area (Å²) in [7, 11) is -4.29. The predicted molar refractivity (Wildman–Crippen MR) is 50.9 cm³/mol. The molecule has 84 valence electrons. The molecule has 3 N–H and O–H groups in total. The van der Waals surface area contributed by atoms with E-state index in [9.17, 15) is 9.36 Å². The van der Waals surface area contributed by atoms with Gasteiger partial charge in [-0.05, 0) is 27.7 Å². The minimum Gasteiger partial charge on any atom is -0.444 e. The van der Waals surface area contributed by atoms with Crippen LogP contribution < -0.4 is 5.32 Å². The highest BCUT2D eigenvalue weighted by atomic mass is 31.2. The van der Waals surface area contributed by atoms with Crippen molar-refractivity contribution >= 4 is 13.7 Å². The molecule has 0 aliphatic heterocycles. The van der Waals surface area contributed by atoms with Gasteiger partial charge in [-0.15, -0.1) is 0 Å².